The van der Waals surface area contributed by atoms with Crippen molar-refractivity contribution in [2.75, 3.05) is 6.61 Å². The highest BCUT2D eigenvalue weighted by Gasteiger charge is 2.22. The van der Waals surface area contributed by atoms with Gasteiger partial charge in [0.15, 0.2) is 0 Å². The van der Waals surface area contributed by atoms with Crippen LogP contribution in [0.1, 0.15) is 90.4 Å². The van der Waals surface area contributed by atoms with Crippen LogP contribution in [0.3, 0.4) is 0 Å². The lowest BCUT2D eigenvalue weighted by Gasteiger charge is -2.06. The summed E-state index contributed by atoms with van der Waals surface area (Å²) in [6.45, 7) is 6.21. The Kier molecular flexibility index (Phi) is 15.9. The van der Waals surface area contributed by atoms with Crippen LogP contribution in [0.25, 0.3) is 0 Å². The highest BCUT2D eigenvalue weighted by atomic mass is 16.5. The molecule has 3 heteroatoms. The van der Waals surface area contributed by atoms with Crippen molar-refractivity contribution >= 4 is 5.97 Å². The number of carbonyl (C=O) groups excluding carboxylic acids is 1. The van der Waals surface area contributed by atoms with Crippen LogP contribution in [0.5, 0.6) is 0 Å². The Morgan fingerprint density at radius 3 is 2.36 bits per heavy atom. The molecule has 1 saturated heterocycles. The van der Waals surface area contributed by atoms with E-state index in [4.69, 9.17) is 9.84 Å². The van der Waals surface area contributed by atoms with Gasteiger partial charge in [-0.2, -0.15) is 0 Å². The van der Waals surface area contributed by atoms with E-state index in [-0.39, 0.29) is 12.1 Å². The second-order valence-corrected chi connectivity index (χ2v) is 6.07. The van der Waals surface area contributed by atoms with Gasteiger partial charge in [-0.25, -0.2) is 0 Å². The lowest BCUT2D eigenvalue weighted by atomic mass is 10.1. The van der Waals surface area contributed by atoms with Gasteiger partial charge in [0.05, 0.1) is 0 Å². The molecule has 3 nitrogen and oxygen atoms in total. The summed E-state index contributed by atoms with van der Waals surface area (Å²) < 4.78 is 5.07. The molecule has 1 rings (SSSR count). The maximum atomic E-state index is 10.7. The summed E-state index contributed by atoms with van der Waals surface area (Å²) in [5, 5.41) is 8.49. The minimum Gasteiger partial charge on any atom is -0.462 e. The fourth-order valence-electron chi connectivity index (χ4n) is 2.52. The van der Waals surface area contributed by atoms with Crippen molar-refractivity contribution in [1.29, 1.82) is 0 Å². The quantitative estimate of drug-likeness (QED) is 0.307. The molecule has 130 valence electrons. The number of rotatable bonds is 12. The number of unbranched alkanes of at least 4 members (excludes halogenated alkanes) is 8. The van der Waals surface area contributed by atoms with E-state index in [9.17, 15) is 4.79 Å². The zero-order valence-electron chi connectivity index (χ0n) is 14.5. The SMILES string of the molecule is C=CCCCCCCCCO.CCCCCC1CCC(=O)O1. The van der Waals surface area contributed by atoms with Gasteiger partial charge in [-0.1, -0.05) is 51.5 Å². The maximum Gasteiger partial charge on any atom is 0.306 e. The standard InChI is InChI=1S/C10H20O.C9H16O2/c1-2-3-4-5-6-7-8-9-10-11;1-2-3-4-5-8-6-7-9(10)11-8/h2,11H,1,3-10H2;8H,2-7H2,1H3. The number of hydrogen-bond donors (Lipinski definition) is 1. The second-order valence-electron chi connectivity index (χ2n) is 6.07. The first-order chi connectivity index (χ1) is 10.7. The number of carbonyl (C=O) groups is 1. The van der Waals surface area contributed by atoms with E-state index in [0.717, 1.165) is 25.7 Å². The molecule has 1 N–H and O–H groups in total. The highest BCUT2D eigenvalue weighted by Crippen LogP contribution is 2.19. The summed E-state index contributed by atoms with van der Waals surface area (Å²) in [5.41, 5.74) is 0. The Balaban J connectivity index is 0.000000401. The molecular formula is C19H36O3. The predicted molar refractivity (Wildman–Crippen MR) is 92.9 cm³/mol. The van der Waals surface area contributed by atoms with Gasteiger partial charge in [-0.05, 0) is 38.5 Å². The third kappa shape index (κ3) is 14.1. The Morgan fingerprint density at radius 1 is 1.14 bits per heavy atom. The van der Waals surface area contributed by atoms with Crippen LogP contribution in [0.15, 0.2) is 12.7 Å². The predicted octanol–water partition coefficient (Wildman–Crippen LogP) is 5.17. The van der Waals surface area contributed by atoms with E-state index >= 15 is 0 Å². The van der Waals surface area contributed by atoms with Crippen LogP contribution >= 0.6 is 0 Å². The number of aliphatic hydroxyl groups is 1. The summed E-state index contributed by atoms with van der Waals surface area (Å²) in [6, 6.07) is 0. The minimum atomic E-state index is -0.00787. The van der Waals surface area contributed by atoms with Crippen LogP contribution in [-0.4, -0.2) is 23.8 Å². The molecule has 0 saturated carbocycles. The number of cyclic esters (lactones) is 1. The zero-order valence-corrected chi connectivity index (χ0v) is 14.5. The van der Waals surface area contributed by atoms with E-state index in [1.165, 1.54) is 51.4 Å². The van der Waals surface area contributed by atoms with E-state index in [0.29, 0.717) is 13.0 Å². The smallest absolute Gasteiger partial charge is 0.306 e. The molecule has 0 radical (unpaired) electrons. The van der Waals surface area contributed by atoms with E-state index in [1.807, 2.05) is 6.08 Å². The van der Waals surface area contributed by atoms with Crippen molar-refractivity contribution < 1.29 is 14.6 Å². The molecule has 1 fully saturated rings. The van der Waals surface area contributed by atoms with Gasteiger partial charge in [-0.3, -0.25) is 4.79 Å². The fraction of sp³-hybridized carbons (Fsp3) is 0.842. The topological polar surface area (TPSA) is 46.5 Å². The van der Waals surface area contributed by atoms with Gasteiger partial charge < -0.3 is 9.84 Å². The number of allylic oxidation sites excluding steroid dienone is 1. The first-order valence-corrected chi connectivity index (χ1v) is 9.15. The van der Waals surface area contributed by atoms with Gasteiger partial charge in [0.25, 0.3) is 0 Å². The Hall–Kier alpha value is -0.830. The highest BCUT2D eigenvalue weighted by molar-refractivity contribution is 5.71. The third-order valence-electron chi connectivity index (χ3n) is 3.91. The number of esters is 1. The van der Waals surface area contributed by atoms with Gasteiger partial charge in [0.1, 0.15) is 6.10 Å². The molecule has 1 aliphatic rings. The van der Waals surface area contributed by atoms with Crippen LogP contribution in [0.2, 0.25) is 0 Å². The van der Waals surface area contributed by atoms with Crippen LogP contribution in [0, 0.1) is 0 Å². The summed E-state index contributed by atoms with van der Waals surface area (Å²) in [5.74, 6) is -0.00787. The van der Waals surface area contributed by atoms with E-state index < -0.39 is 0 Å². The summed E-state index contributed by atoms with van der Waals surface area (Å²) in [7, 11) is 0. The maximum absolute atomic E-state index is 10.7. The molecular weight excluding hydrogens is 276 g/mol. The first kappa shape index (κ1) is 21.2. The lowest BCUT2D eigenvalue weighted by Crippen LogP contribution is -2.05. The van der Waals surface area contributed by atoms with Crippen molar-refractivity contribution in [3.63, 3.8) is 0 Å². The Labute approximate surface area is 137 Å². The molecule has 1 unspecified atom stereocenters. The average molecular weight is 312 g/mol. The molecule has 22 heavy (non-hydrogen) atoms. The van der Waals surface area contributed by atoms with Crippen molar-refractivity contribution in [3.05, 3.63) is 12.7 Å². The molecule has 0 bridgehead atoms. The van der Waals surface area contributed by atoms with Crippen LogP contribution in [-0.2, 0) is 9.53 Å². The molecule has 0 aliphatic carbocycles. The first-order valence-electron chi connectivity index (χ1n) is 9.15. The number of hydrogen-bond acceptors (Lipinski definition) is 3. The largest absolute Gasteiger partial charge is 0.462 e. The molecule has 0 aromatic rings. The molecule has 0 amide bonds. The Bertz CT molecular complexity index is 263. The van der Waals surface area contributed by atoms with Gasteiger partial charge in [-0.15, -0.1) is 6.58 Å². The molecule has 1 heterocycles. The summed E-state index contributed by atoms with van der Waals surface area (Å²) in [6.07, 6.45) is 17.1. The van der Waals surface area contributed by atoms with Gasteiger partial charge in [0, 0.05) is 13.0 Å². The second kappa shape index (κ2) is 16.5. The molecule has 0 aromatic heterocycles. The fourth-order valence-corrected chi connectivity index (χ4v) is 2.52. The molecule has 1 atom stereocenters. The third-order valence-corrected chi connectivity index (χ3v) is 3.91. The Morgan fingerprint density at radius 2 is 1.82 bits per heavy atom. The van der Waals surface area contributed by atoms with Crippen LogP contribution < -0.4 is 0 Å². The van der Waals surface area contributed by atoms with E-state index in [2.05, 4.69) is 13.5 Å². The number of ether oxygens (including phenoxy) is 1. The van der Waals surface area contributed by atoms with Crippen molar-refractivity contribution in [3.8, 4) is 0 Å². The number of aliphatic hydroxyl groups excluding tert-OH is 1. The van der Waals surface area contributed by atoms with E-state index in [1.54, 1.807) is 0 Å². The van der Waals surface area contributed by atoms with Gasteiger partial charge in [0.2, 0.25) is 0 Å². The van der Waals surface area contributed by atoms with Crippen LogP contribution in [0.4, 0.5) is 0 Å². The molecule has 0 spiro atoms. The normalized spacial score (nSPS) is 16.8. The summed E-state index contributed by atoms with van der Waals surface area (Å²) in [4.78, 5) is 10.7. The van der Waals surface area contributed by atoms with Crippen molar-refractivity contribution in [1.82, 2.24) is 0 Å². The summed E-state index contributed by atoms with van der Waals surface area (Å²) >= 11 is 0. The van der Waals surface area contributed by atoms with Gasteiger partial charge >= 0.3 is 5.97 Å². The lowest BCUT2D eigenvalue weighted by molar-refractivity contribution is -0.141. The van der Waals surface area contributed by atoms with Crippen molar-refractivity contribution in [2.24, 2.45) is 0 Å². The monoisotopic (exact) mass is 312 g/mol. The molecule has 1 aliphatic heterocycles. The molecule has 0 aromatic carbocycles. The zero-order chi connectivity index (χ0) is 16.5. The minimum absolute atomic E-state index is 0.00787. The average Bonchev–Trinajstić information content (AvgIpc) is 2.93. The van der Waals surface area contributed by atoms with Crippen molar-refractivity contribution in [2.45, 2.75) is 96.5 Å².